The maximum Gasteiger partial charge on any atom is 0.129 e. The Morgan fingerprint density at radius 1 is 0.647 bits per heavy atom. The van der Waals surface area contributed by atoms with Crippen LogP contribution in [0.5, 0.6) is 0 Å². The first-order valence-electron chi connectivity index (χ1n) is 13.3. The summed E-state index contributed by atoms with van der Waals surface area (Å²) in [6, 6.07) is 14.7. The molecule has 0 radical (unpaired) electrons. The van der Waals surface area contributed by atoms with Gasteiger partial charge in [-0.3, -0.25) is 0 Å². The van der Waals surface area contributed by atoms with Crippen molar-refractivity contribution in [1.29, 1.82) is 0 Å². The van der Waals surface area contributed by atoms with Gasteiger partial charge in [-0.25, -0.2) is 0 Å². The number of nitrogens with two attached hydrogens (primary N) is 2. The Hall–Kier alpha value is -2.44. The van der Waals surface area contributed by atoms with E-state index in [1.54, 1.807) is 0 Å². The van der Waals surface area contributed by atoms with Crippen LogP contribution in [0.4, 0.5) is 22.7 Å². The number of aryl methyl sites for hydroxylation is 2. The molecule has 7 rings (SSSR count). The minimum absolute atomic E-state index is 0.790. The van der Waals surface area contributed by atoms with Crippen LogP contribution in [0.25, 0.3) is 0 Å². The molecule has 0 amide bonds. The fraction of sp³-hybridized carbons (Fsp3) is 0.571. The summed E-state index contributed by atoms with van der Waals surface area (Å²) in [6.07, 6.45) is 2.66. The van der Waals surface area contributed by atoms with Crippen molar-refractivity contribution in [3.05, 3.63) is 47.5 Å². The standard InChI is InChI=1S/C28H42N6/c1-21-17-23(3-5-27(21)29)31-9-7-25(19-31)33-11-14-34(15-12-33,16-13-33)26-8-10-32(20-26)24-4-6-28(30)22(2)18-24/h3-6,17-18,25-26H,7-16,19-20,29-30H2,1-2H3/q+2. The van der Waals surface area contributed by atoms with Gasteiger partial charge < -0.3 is 30.2 Å². The highest BCUT2D eigenvalue weighted by molar-refractivity contribution is 5.59. The van der Waals surface area contributed by atoms with Gasteiger partial charge in [0.15, 0.2) is 0 Å². The summed E-state index contributed by atoms with van der Waals surface area (Å²) in [5.41, 5.74) is 19.1. The van der Waals surface area contributed by atoms with Crippen LogP contribution < -0.4 is 21.3 Å². The van der Waals surface area contributed by atoms with E-state index < -0.39 is 0 Å². The van der Waals surface area contributed by atoms with Gasteiger partial charge >= 0.3 is 0 Å². The molecule has 5 fully saturated rings. The number of hydrogen-bond donors (Lipinski definition) is 2. The minimum atomic E-state index is 0.790. The van der Waals surface area contributed by atoms with E-state index in [9.17, 15) is 0 Å². The molecule has 6 heteroatoms. The molecule has 2 aromatic rings. The molecule has 0 aromatic heterocycles. The lowest BCUT2D eigenvalue weighted by atomic mass is 9.98. The number of hydrogen-bond acceptors (Lipinski definition) is 4. The van der Waals surface area contributed by atoms with Crippen molar-refractivity contribution in [2.75, 3.05) is 86.7 Å². The summed E-state index contributed by atoms with van der Waals surface area (Å²) in [4.78, 5) is 5.22. The van der Waals surface area contributed by atoms with Crippen molar-refractivity contribution in [2.24, 2.45) is 0 Å². The Morgan fingerprint density at radius 2 is 1.03 bits per heavy atom. The second kappa shape index (κ2) is 8.06. The van der Waals surface area contributed by atoms with Crippen molar-refractivity contribution in [2.45, 2.75) is 38.8 Å². The van der Waals surface area contributed by atoms with Gasteiger partial charge in [0.05, 0.1) is 13.1 Å². The Morgan fingerprint density at radius 3 is 1.38 bits per heavy atom. The summed E-state index contributed by atoms with van der Waals surface area (Å²) >= 11 is 0. The number of rotatable bonds is 4. The van der Waals surface area contributed by atoms with E-state index >= 15 is 0 Å². The molecule has 6 nitrogen and oxygen atoms in total. The van der Waals surface area contributed by atoms with E-state index in [1.807, 2.05) is 0 Å². The molecule has 5 heterocycles. The number of fused-ring (bicyclic) bond motifs is 3. The number of quaternary nitrogens is 2. The number of benzene rings is 2. The van der Waals surface area contributed by atoms with Gasteiger partial charge in [-0.1, -0.05) is 0 Å². The minimum Gasteiger partial charge on any atom is -0.399 e. The van der Waals surface area contributed by atoms with E-state index in [0.717, 1.165) is 23.5 Å². The van der Waals surface area contributed by atoms with E-state index in [-0.39, 0.29) is 0 Å². The summed E-state index contributed by atoms with van der Waals surface area (Å²) < 4.78 is 2.75. The first-order chi connectivity index (χ1) is 16.4. The predicted molar refractivity (Wildman–Crippen MR) is 142 cm³/mol. The van der Waals surface area contributed by atoms with Gasteiger partial charge in [-0.2, -0.15) is 0 Å². The van der Waals surface area contributed by atoms with Crippen LogP contribution >= 0.6 is 0 Å². The SMILES string of the molecule is Cc1cc(N2CCC([N+]34CC[N+](C5CCN(c6ccc(N)c(C)c6)C5)(CC3)CC4)C2)ccc1N. The fourth-order valence-electron chi connectivity index (χ4n) is 7.52. The molecule has 0 aliphatic carbocycles. The second-order valence-electron chi connectivity index (χ2n) is 11.6. The highest BCUT2D eigenvalue weighted by atomic mass is 15.6. The largest absolute Gasteiger partial charge is 0.399 e. The normalized spacial score (nSPS) is 33.1. The number of nitrogens with zero attached hydrogens (tertiary/aromatic N) is 4. The lowest BCUT2D eigenvalue weighted by Crippen LogP contribution is -2.79. The number of anilines is 4. The Kier molecular flexibility index (Phi) is 5.23. The molecule has 0 saturated carbocycles. The average molecular weight is 463 g/mol. The van der Waals surface area contributed by atoms with E-state index in [2.05, 4.69) is 60.0 Å². The van der Waals surface area contributed by atoms with Crippen molar-refractivity contribution in [1.82, 2.24) is 0 Å². The molecular weight excluding hydrogens is 420 g/mol. The van der Waals surface area contributed by atoms with Crippen LogP contribution in [0.2, 0.25) is 0 Å². The molecule has 5 aliphatic heterocycles. The molecule has 5 aliphatic rings. The molecule has 0 spiro atoms. The molecule has 182 valence electrons. The van der Waals surface area contributed by atoms with Crippen LogP contribution in [0.1, 0.15) is 24.0 Å². The van der Waals surface area contributed by atoms with Crippen LogP contribution in [0.3, 0.4) is 0 Å². The quantitative estimate of drug-likeness (QED) is 0.542. The van der Waals surface area contributed by atoms with Crippen LogP contribution in [-0.2, 0) is 0 Å². The van der Waals surface area contributed by atoms with Gasteiger partial charge in [-0.15, -0.1) is 0 Å². The molecule has 34 heavy (non-hydrogen) atoms. The van der Waals surface area contributed by atoms with Crippen molar-refractivity contribution in [3.63, 3.8) is 0 Å². The molecule has 2 unspecified atom stereocenters. The smallest absolute Gasteiger partial charge is 0.129 e. The zero-order valence-electron chi connectivity index (χ0n) is 21.0. The molecule has 4 N–H and O–H groups in total. The second-order valence-corrected chi connectivity index (χ2v) is 11.6. The molecule has 2 aromatic carbocycles. The van der Waals surface area contributed by atoms with Gasteiger partial charge in [-0.05, 0) is 61.4 Å². The van der Waals surface area contributed by atoms with Gasteiger partial charge in [0.25, 0.3) is 0 Å². The highest BCUT2D eigenvalue weighted by Gasteiger charge is 2.56. The third-order valence-corrected chi connectivity index (χ3v) is 10.1. The number of piperazine rings is 3. The maximum absolute atomic E-state index is 6.07. The van der Waals surface area contributed by atoms with Crippen molar-refractivity contribution in [3.8, 4) is 0 Å². The van der Waals surface area contributed by atoms with Crippen LogP contribution in [0, 0.1) is 13.8 Å². The predicted octanol–water partition coefficient (Wildman–Crippen LogP) is 2.99. The topological polar surface area (TPSA) is 58.5 Å². The summed E-state index contributed by atoms with van der Waals surface area (Å²) in [6.45, 7) is 17.3. The highest BCUT2D eigenvalue weighted by Crippen LogP contribution is 2.38. The Labute approximate surface area is 204 Å². The van der Waals surface area contributed by atoms with Gasteiger partial charge in [0, 0.05) is 48.7 Å². The Bertz CT molecular complexity index is 971. The summed E-state index contributed by atoms with van der Waals surface area (Å²) in [5, 5.41) is 0. The summed E-state index contributed by atoms with van der Waals surface area (Å²) in [7, 11) is 0. The lowest BCUT2D eigenvalue weighted by Gasteiger charge is -2.59. The zero-order chi connectivity index (χ0) is 23.5. The van der Waals surface area contributed by atoms with Crippen molar-refractivity contribution < 1.29 is 8.97 Å². The van der Waals surface area contributed by atoms with E-state index in [1.165, 1.54) is 110 Å². The fourth-order valence-corrected chi connectivity index (χ4v) is 7.52. The number of nitrogen functional groups attached to an aromatic ring is 2. The zero-order valence-corrected chi connectivity index (χ0v) is 21.0. The molecule has 2 bridgehead atoms. The third-order valence-electron chi connectivity index (χ3n) is 10.1. The maximum atomic E-state index is 6.07. The van der Waals surface area contributed by atoms with E-state index in [4.69, 9.17) is 11.5 Å². The van der Waals surface area contributed by atoms with Gasteiger partial charge in [0.1, 0.15) is 51.4 Å². The first-order valence-corrected chi connectivity index (χ1v) is 13.3. The Balaban J connectivity index is 1.10. The monoisotopic (exact) mass is 462 g/mol. The van der Waals surface area contributed by atoms with Crippen molar-refractivity contribution >= 4 is 22.7 Å². The van der Waals surface area contributed by atoms with Crippen LogP contribution in [0.15, 0.2) is 36.4 Å². The molecule has 2 atom stereocenters. The molecule has 5 saturated heterocycles. The van der Waals surface area contributed by atoms with Gasteiger partial charge in [0.2, 0.25) is 0 Å². The summed E-state index contributed by atoms with van der Waals surface area (Å²) in [5.74, 6) is 0. The van der Waals surface area contributed by atoms with Crippen LogP contribution in [-0.4, -0.2) is 86.5 Å². The third kappa shape index (κ3) is 3.54. The average Bonchev–Trinajstić information content (AvgIpc) is 3.55. The van der Waals surface area contributed by atoms with E-state index in [0.29, 0.717) is 0 Å². The molecular formula is C28H42N6+2. The first kappa shape index (κ1) is 22.1. The lowest BCUT2D eigenvalue weighted by molar-refractivity contribution is -1.10.